The van der Waals surface area contributed by atoms with Gasteiger partial charge in [-0.1, -0.05) is 19.9 Å². The number of aryl methyl sites for hydroxylation is 1. The molecule has 2 aromatic rings. The highest BCUT2D eigenvalue weighted by atomic mass is 19.1. The van der Waals surface area contributed by atoms with Crippen molar-refractivity contribution in [3.63, 3.8) is 0 Å². The maximum atomic E-state index is 14.2. The Morgan fingerprint density at radius 3 is 2.68 bits per heavy atom. The molecule has 3 aliphatic rings. The maximum Gasteiger partial charge on any atom is 0.165 e. The molecule has 204 valence electrons. The van der Waals surface area contributed by atoms with Crippen molar-refractivity contribution in [2.24, 2.45) is 11.7 Å². The number of hydrogen-bond acceptors (Lipinski definition) is 8. The molecular formula is C29H40FN7O. The molecule has 0 atom stereocenters. The van der Waals surface area contributed by atoms with Gasteiger partial charge < -0.3 is 26.0 Å². The number of halogens is 1. The summed E-state index contributed by atoms with van der Waals surface area (Å²) in [7, 11) is 2.13. The van der Waals surface area contributed by atoms with Gasteiger partial charge in [0, 0.05) is 56.4 Å². The molecule has 1 aliphatic carbocycles. The van der Waals surface area contributed by atoms with Gasteiger partial charge in [-0.2, -0.15) is 0 Å². The van der Waals surface area contributed by atoms with Gasteiger partial charge in [0.05, 0.1) is 12.2 Å². The Hall–Kier alpha value is -3.46. The minimum atomic E-state index is -0.379. The van der Waals surface area contributed by atoms with E-state index in [2.05, 4.69) is 33.8 Å². The van der Waals surface area contributed by atoms with Crippen LogP contribution in [0.5, 0.6) is 0 Å². The molecule has 2 aromatic heterocycles. The monoisotopic (exact) mass is 521 g/mol. The number of aromatic nitrogens is 3. The summed E-state index contributed by atoms with van der Waals surface area (Å²) in [5.41, 5.74) is 10.8. The van der Waals surface area contributed by atoms with Gasteiger partial charge in [0.1, 0.15) is 5.82 Å². The van der Waals surface area contributed by atoms with Crippen LogP contribution in [0, 0.1) is 18.7 Å². The van der Waals surface area contributed by atoms with E-state index in [0.29, 0.717) is 30.9 Å². The molecule has 0 aromatic carbocycles. The molecule has 5 rings (SSSR count). The van der Waals surface area contributed by atoms with E-state index < -0.39 is 0 Å². The van der Waals surface area contributed by atoms with E-state index in [1.54, 1.807) is 12.3 Å². The second kappa shape index (κ2) is 12.9. The van der Waals surface area contributed by atoms with Crippen molar-refractivity contribution in [3.05, 3.63) is 65.3 Å². The topological polar surface area (TPSA) is 101 Å². The lowest BCUT2D eigenvalue weighted by Crippen LogP contribution is -2.38. The number of ether oxygens (including phenoxy) is 1. The molecule has 0 unspecified atom stereocenters. The van der Waals surface area contributed by atoms with E-state index in [1.807, 2.05) is 26.8 Å². The van der Waals surface area contributed by atoms with Gasteiger partial charge in [-0.05, 0) is 68.0 Å². The van der Waals surface area contributed by atoms with Crippen molar-refractivity contribution < 1.29 is 9.13 Å². The molecule has 0 spiro atoms. The van der Waals surface area contributed by atoms with Crippen molar-refractivity contribution in [3.8, 4) is 0 Å². The first-order valence-corrected chi connectivity index (χ1v) is 13.6. The average Bonchev–Trinajstić information content (AvgIpc) is 3.79. The van der Waals surface area contributed by atoms with Crippen LogP contribution in [0.25, 0.3) is 11.1 Å². The fourth-order valence-corrected chi connectivity index (χ4v) is 4.85. The van der Waals surface area contributed by atoms with Gasteiger partial charge in [0.15, 0.2) is 17.5 Å². The third-order valence-corrected chi connectivity index (χ3v) is 6.97. The average molecular weight is 522 g/mol. The van der Waals surface area contributed by atoms with Crippen molar-refractivity contribution in [2.75, 3.05) is 37.0 Å². The van der Waals surface area contributed by atoms with Crippen LogP contribution in [0.15, 0.2) is 36.8 Å². The van der Waals surface area contributed by atoms with Crippen molar-refractivity contribution in [2.45, 2.75) is 59.0 Å². The minimum Gasteiger partial charge on any atom is -0.405 e. The second-order valence-corrected chi connectivity index (χ2v) is 9.64. The lowest BCUT2D eigenvalue weighted by atomic mass is 9.96. The van der Waals surface area contributed by atoms with Gasteiger partial charge >= 0.3 is 0 Å². The van der Waals surface area contributed by atoms with Crippen LogP contribution in [0.1, 0.15) is 62.2 Å². The number of allylic oxidation sites excluding steroid dienone is 3. The zero-order valence-corrected chi connectivity index (χ0v) is 22.9. The van der Waals surface area contributed by atoms with Crippen LogP contribution >= 0.6 is 0 Å². The molecule has 2 aliphatic heterocycles. The zero-order valence-electron chi connectivity index (χ0n) is 22.9. The van der Waals surface area contributed by atoms with E-state index in [0.717, 1.165) is 54.3 Å². The number of rotatable bonds is 8. The fourth-order valence-electron chi connectivity index (χ4n) is 4.85. The summed E-state index contributed by atoms with van der Waals surface area (Å²) in [5, 5.41) is 6.46. The van der Waals surface area contributed by atoms with Crippen molar-refractivity contribution in [1.29, 1.82) is 0 Å². The quantitative estimate of drug-likeness (QED) is 0.427. The molecule has 4 heterocycles. The van der Waals surface area contributed by atoms with Crippen LogP contribution in [0.2, 0.25) is 0 Å². The van der Waals surface area contributed by atoms with Crippen LogP contribution in [0.4, 0.5) is 16.0 Å². The molecule has 1 saturated heterocycles. The molecule has 0 radical (unpaired) electrons. The molecule has 9 heteroatoms. The molecule has 38 heavy (non-hydrogen) atoms. The van der Waals surface area contributed by atoms with E-state index >= 15 is 0 Å². The number of fused-ring (bicyclic) bond motifs is 1. The van der Waals surface area contributed by atoms with Crippen LogP contribution in [0.3, 0.4) is 0 Å². The van der Waals surface area contributed by atoms with Gasteiger partial charge in [0.25, 0.3) is 0 Å². The van der Waals surface area contributed by atoms with Crippen LogP contribution in [-0.2, 0) is 11.3 Å². The molecular weight excluding hydrogens is 481 g/mol. The van der Waals surface area contributed by atoms with E-state index in [-0.39, 0.29) is 11.6 Å². The number of hydrogen-bond donors (Lipinski definition) is 3. The molecule has 8 nitrogen and oxygen atoms in total. The Balaban J connectivity index is 0.00000164. The molecule has 4 N–H and O–H groups in total. The third-order valence-electron chi connectivity index (χ3n) is 6.97. The summed E-state index contributed by atoms with van der Waals surface area (Å²) in [5.74, 6) is 1.95. The molecule has 2 fully saturated rings. The molecule has 0 bridgehead atoms. The zero-order chi connectivity index (χ0) is 27.1. The van der Waals surface area contributed by atoms with Crippen molar-refractivity contribution >= 4 is 22.8 Å². The highest BCUT2D eigenvalue weighted by Gasteiger charge is 2.34. The van der Waals surface area contributed by atoms with Crippen LogP contribution < -0.4 is 21.3 Å². The Bertz CT molecular complexity index is 1200. The third kappa shape index (κ3) is 6.32. The number of nitrogens with two attached hydrogens (primary N) is 1. The van der Waals surface area contributed by atoms with E-state index in [4.69, 9.17) is 20.4 Å². The summed E-state index contributed by atoms with van der Waals surface area (Å²) in [4.78, 5) is 16.5. The number of nitrogens with one attached hydrogen (secondary N) is 2. The first-order valence-electron chi connectivity index (χ1n) is 13.6. The summed E-state index contributed by atoms with van der Waals surface area (Å²) >= 11 is 0. The summed E-state index contributed by atoms with van der Waals surface area (Å²) < 4.78 is 19.8. The van der Waals surface area contributed by atoms with Gasteiger partial charge in [0.2, 0.25) is 0 Å². The Morgan fingerprint density at radius 2 is 2.00 bits per heavy atom. The molecule has 1 saturated carbocycles. The summed E-state index contributed by atoms with van der Waals surface area (Å²) in [6.07, 6.45) is 13.3. The van der Waals surface area contributed by atoms with Gasteiger partial charge in [-0.3, -0.25) is 0 Å². The normalized spacial score (nSPS) is 17.7. The minimum absolute atomic E-state index is 0.211. The predicted octanol–water partition coefficient (Wildman–Crippen LogP) is 4.78. The SMILES string of the molecule is CC.Cc1cnc(NC/C=C(\C=C/N)c2nc3c(c(N(C)C4CCOCC4)n2)C(C2CC2)=CNC3)c(F)c1. The van der Waals surface area contributed by atoms with E-state index in [9.17, 15) is 4.39 Å². The molecule has 0 amide bonds. The summed E-state index contributed by atoms with van der Waals surface area (Å²) in [6, 6.07) is 1.82. The Labute approximate surface area is 225 Å². The predicted molar refractivity (Wildman–Crippen MR) is 152 cm³/mol. The first-order chi connectivity index (χ1) is 18.5. The Morgan fingerprint density at radius 1 is 1.24 bits per heavy atom. The van der Waals surface area contributed by atoms with Gasteiger partial charge in [-0.25, -0.2) is 19.3 Å². The van der Waals surface area contributed by atoms with Gasteiger partial charge in [-0.15, -0.1) is 0 Å². The second-order valence-electron chi connectivity index (χ2n) is 9.64. The highest BCUT2D eigenvalue weighted by molar-refractivity contribution is 5.81. The number of pyridine rings is 1. The smallest absolute Gasteiger partial charge is 0.165 e. The number of nitrogens with zero attached hydrogens (tertiary/aromatic N) is 4. The van der Waals surface area contributed by atoms with Crippen molar-refractivity contribution in [1.82, 2.24) is 20.3 Å². The fraction of sp³-hybridized carbons (Fsp3) is 0.483. The lowest BCUT2D eigenvalue weighted by Gasteiger charge is -2.35. The Kier molecular flexibility index (Phi) is 9.33. The highest BCUT2D eigenvalue weighted by Crippen LogP contribution is 2.46. The first kappa shape index (κ1) is 27.6. The standard InChI is InChI=1S/C27H34FN7O.C2H6/c1-17-13-22(28)26(32-14-17)31-10-6-19(5-9-29)25-33-23-16-30-15-21(18-3-4-18)24(23)27(34-25)35(2)20-7-11-36-12-8-20;1-2/h5-6,9,13-15,18,20,30H,3-4,7-8,10-12,16,29H2,1-2H3,(H,31,32);1-2H3/b9-5-,19-6+;. The largest absolute Gasteiger partial charge is 0.405 e. The van der Waals surface area contributed by atoms with Crippen LogP contribution in [-0.4, -0.2) is 47.8 Å². The number of anilines is 2. The van der Waals surface area contributed by atoms with E-state index in [1.165, 1.54) is 30.7 Å². The lowest BCUT2D eigenvalue weighted by molar-refractivity contribution is 0.0853. The summed E-state index contributed by atoms with van der Waals surface area (Å²) in [6.45, 7) is 8.33. The maximum absolute atomic E-state index is 14.2.